The molecule has 0 aromatic carbocycles. The Labute approximate surface area is 101 Å². The van der Waals surface area contributed by atoms with Crippen LogP contribution in [0.15, 0.2) is 11.6 Å². The summed E-state index contributed by atoms with van der Waals surface area (Å²) in [5.41, 5.74) is 0. The Morgan fingerprint density at radius 1 is 1.25 bits per heavy atom. The third-order valence-corrected chi connectivity index (χ3v) is 5.21. The lowest BCUT2D eigenvalue weighted by Gasteiger charge is -2.35. The quantitative estimate of drug-likeness (QED) is 0.854. The first-order chi connectivity index (χ1) is 7.95. The smallest absolute Gasteiger partial charge is 0.0959 e. The average Bonchev–Trinajstić information content (AvgIpc) is 3.03. The molecule has 88 valence electrons. The van der Waals surface area contributed by atoms with E-state index in [-0.39, 0.29) is 0 Å². The highest BCUT2D eigenvalue weighted by molar-refractivity contribution is 7.09. The summed E-state index contributed by atoms with van der Waals surface area (Å²) >= 11 is 1.85. The predicted octanol–water partition coefficient (Wildman–Crippen LogP) is 3.03. The van der Waals surface area contributed by atoms with Crippen molar-refractivity contribution in [2.45, 2.75) is 38.0 Å². The Morgan fingerprint density at radius 3 is 2.88 bits per heavy atom. The van der Waals surface area contributed by atoms with Gasteiger partial charge in [-0.05, 0) is 31.3 Å². The molecule has 2 heterocycles. The van der Waals surface area contributed by atoms with Crippen LogP contribution in [0.25, 0.3) is 0 Å². The molecule has 1 aliphatic heterocycles. The number of hydrogen-bond donors (Lipinski definition) is 1. The molecule has 2 unspecified atom stereocenters. The van der Waals surface area contributed by atoms with Gasteiger partial charge in [0.05, 0.1) is 5.01 Å². The summed E-state index contributed by atoms with van der Waals surface area (Å²) in [4.78, 5) is 4.55. The van der Waals surface area contributed by atoms with Crippen LogP contribution in [0.4, 0.5) is 0 Å². The van der Waals surface area contributed by atoms with E-state index in [2.05, 4.69) is 15.7 Å². The zero-order valence-electron chi connectivity index (χ0n) is 9.69. The maximum absolute atomic E-state index is 4.55. The second kappa shape index (κ2) is 4.84. The number of nitrogens with zero attached hydrogens (tertiary/aromatic N) is 1. The van der Waals surface area contributed by atoms with Gasteiger partial charge in [0.25, 0.3) is 0 Å². The number of aromatic nitrogens is 1. The van der Waals surface area contributed by atoms with Gasteiger partial charge in [0.2, 0.25) is 0 Å². The van der Waals surface area contributed by atoms with Crippen molar-refractivity contribution in [1.29, 1.82) is 0 Å². The number of thiazole rings is 1. The average molecular weight is 236 g/mol. The van der Waals surface area contributed by atoms with Crippen LogP contribution in [0.2, 0.25) is 0 Å². The molecule has 0 spiro atoms. The zero-order chi connectivity index (χ0) is 10.8. The fourth-order valence-electron chi connectivity index (χ4n) is 3.49. The number of piperidine rings is 1. The summed E-state index contributed by atoms with van der Waals surface area (Å²) < 4.78 is 0. The molecule has 0 bridgehead atoms. The highest BCUT2D eigenvalue weighted by atomic mass is 32.1. The minimum Gasteiger partial charge on any atom is -0.316 e. The monoisotopic (exact) mass is 236 g/mol. The van der Waals surface area contributed by atoms with Gasteiger partial charge in [0.15, 0.2) is 0 Å². The Kier molecular flexibility index (Phi) is 3.25. The van der Waals surface area contributed by atoms with E-state index in [4.69, 9.17) is 0 Å². The van der Waals surface area contributed by atoms with E-state index in [9.17, 15) is 0 Å². The third kappa shape index (κ3) is 2.03. The lowest BCUT2D eigenvalue weighted by molar-refractivity contribution is 0.231. The molecule has 2 nitrogen and oxygen atoms in total. The lowest BCUT2D eigenvalue weighted by atomic mass is 9.77. The summed E-state index contributed by atoms with van der Waals surface area (Å²) in [6.45, 7) is 2.39. The Hall–Kier alpha value is -0.410. The maximum Gasteiger partial charge on any atom is 0.0959 e. The molecule has 2 fully saturated rings. The standard InChI is InChI=1S/C13H20N2S/c1-2-4-10(3-1)12-9-14-6-5-11(12)13-15-7-8-16-13/h7-8,10-12,14H,1-6,9H2. The third-order valence-electron chi connectivity index (χ3n) is 4.30. The fraction of sp³-hybridized carbons (Fsp3) is 0.769. The van der Waals surface area contributed by atoms with Crippen LogP contribution in [0.1, 0.15) is 43.0 Å². The topological polar surface area (TPSA) is 24.9 Å². The molecule has 1 aliphatic carbocycles. The molecule has 2 aliphatic rings. The van der Waals surface area contributed by atoms with Gasteiger partial charge in [-0.2, -0.15) is 0 Å². The first-order valence-electron chi connectivity index (χ1n) is 6.55. The summed E-state index contributed by atoms with van der Waals surface area (Å²) in [6, 6.07) is 0. The summed E-state index contributed by atoms with van der Waals surface area (Å²) in [5.74, 6) is 2.55. The van der Waals surface area contributed by atoms with Crippen LogP contribution in [0.5, 0.6) is 0 Å². The van der Waals surface area contributed by atoms with Gasteiger partial charge in [0.1, 0.15) is 0 Å². The van der Waals surface area contributed by atoms with E-state index in [0.29, 0.717) is 0 Å². The number of hydrogen-bond acceptors (Lipinski definition) is 3. The highest BCUT2D eigenvalue weighted by Gasteiger charge is 2.35. The van der Waals surface area contributed by atoms with Crippen molar-refractivity contribution in [1.82, 2.24) is 10.3 Å². The molecule has 1 saturated heterocycles. The lowest BCUT2D eigenvalue weighted by Crippen LogP contribution is -2.38. The van der Waals surface area contributed by atoms with E-state index in [1.807, 2.05) is 17.5 Å². The summed E-state index contributed by atoms with van der Waals surface area (Å²) in [7, 11) is 0. The molecule has 1 aromatic heterocycles. The molecular formula is C13H20N2S. The maximum atomic E-state index is 4.55. The fourth-order valence-corrected chi connectivity index (χ4v) is 4.34. The molecule has 0 amide bonds. The van der Waals surface area contributed by atoms with Crippen LogP contribution in [0, 0.1) is 11.8 Å². The van der Waals surface area contributed by atoms with E-state index >= 15 is 0 Å². The molecule has 2 atom stereocenters. The van der Waals surface area contributed by atoms with Crippen LogP contribution in [0.3, 0.4) is 0 Å². The van der Waals surface area contributed by atoms with E-state index in [1.165, 1.54) is 50.2 Å². The van der Waals surface area contributed by atoms with Crippen molar-refractivity contribution in [3.8, 4) is 0 Å². The van der Waals surface area contributed by atoms with Crippen molar-refractivity contribution in [2.24, 2.45) is 11.8 Å². The van der Waals surface area contributed by atoms with Gasteiger partial charge < -0.3 is 5.32 Å². The summed E-state index contributed by atoms with van der Waals surface area (Å²) in [6.07, 6.45) is 9.06. The Morgan fingerprint density at radius 2 is 2.12 bits per heavy atom. The normalized spacial score (nSPS) is 32.0. The van der Waals surface area contributed by atoms with Gasteiger partial charge in [-0.3, -0.25) is 0 Å². The molecule has 16 heavy (non-hydrogen) atoms. The summed E-state index contributed by atoms with van der Waals surface area (Å²) in [5, 5.41) is 7.10. The Bertz CT molecular complexity index is 317. The molecule has 0 radical (unpaired) electrons. The molecule has 1 N–H and O–H groups in total. The van der Waals surface area contributed by atoms with Crippen molar-refractivity contribution in [3.63, 3.8) is 0 Å². The molecule has 3 heteroatoms. The SMILES string of the molecule is c1csc(C2CCNCC2C2CCCC2)n1. The predicted molar refractivity (Wildman–Crippen MR) is 67.8 cm³/mol. The van der Waals surface area contributed by atoms with Crippen LogP contribution in [-0.2, 0) is 0 Å². The van der Waals surface area contributed by atoms with Gasteiger partial charge >= 0.3 is 0 Å². The van der Waals surface area contributed by atoms with Gasteiger partial charge in [-0.1, -0.05) is 25.7 Å². The molecular weight excluding hydrogens is 216 g/mol. The van der Waals surface area contributed by atoms with E-state index in [0.717, 1.165) is 17.8 Å². The van der Waals surface area contributed by atoms with Crippen molar-refractivity contribution in [3.05, 3.63) is 16.6 Å². The van der Waals surface area contributed by atoms with Crippen molar-refractivity contribution in [2.75, 3.05) is 13.1 Å². The second-order valence-electron chi connectivity index (χ2n) is 5.18. The van der Waals surface area contributed by atoms with Crippen LogP contribution in [-0.4, -0.2) is 18.1 Å². The molecule has 1 aromatic rings. The van der Waals surface area contributed by atoms with Crippen LogP contribution >= 0.6 is 11.3 Å². The minimum absolute atomic E-state index is 0.740. The molecule has 1 saturated carbocycles. The van der Waals surface area contributed by atoms with Gasteiger partial charge in [-0.25, -0.2) is 4.98 Å². The van der Waals surface area contributed by atoms with Gasteiger partial charge in [0, 0.05) is 17.5 Å². The first-order valence-corrected chi connectivity index (χ1v) is 7.43. The van der Waals surface area contributed by atoms with Crippen LogP contribution < -0.4 is 5.32 Å². The van der Waals surface area contributed by atoms with E-state index in [1.54, 1.807) is 0 Å². The number of nitrogens with one attached hydrogen (secondary N) is 1. The van der Waals surface area contributed by atoms with Crippen molar-refractivity contribution >= 4 is 11.3 Å². The van der Waals surface area contributed by atoms with Crippen molar-refractivity contribution < 1.29 is 0 Å². The van der Waals surface area contributed by atoms with Gasteiger partial charge in [-0.15, -0.1) is 11.3 Å². The van der Waals surface area contributed by atoms with E-state index < -0.39 is 0 Å². The Balaban J connectivity index is 1.78. The largest absolute Gasteiger partial charge is 0.316 e. The second-order valence-corrected chi connectivity index (χ2v) is 6.10. The number of rotatable bonds is 2. The highest BCUT2D eigenvalue weighted by Crippen LogP contribution is 2.42. The first kappa shape index (κ1) is 10.7. The minimum atomic E-state index is 0.740. The zero-order valence-corrected chi connectivity index (χ0v) is 10.5. The molecule has 3 rings (SSSR count).